The van der Waals surface area contributed by atoms with Gasteiger partial charge in [-0.3, -0.25) is 14.6 Å². The molecule has 0 spiro atoms. The van der Waals surface area contributed by atoms with Crippen LogP contribution in [0.3, 0.4) is 0 Å². The van der Waals surface area contributed by atoms with Gasteiger partial charge in [0, 0.05) is 38.8 Å². The van der Waals surface area contributed by atoms with E-state index >= 15 is 0 Å². The average molecular weight is 366 g/mol. The summed E-state index contributed by atoms with van der Waals surface area (Å²) in [6.07, 6.45) is 3.50. The van der Waals surface area contributed by atoms with Crippen molar-refractivity contribution in [2.45, 2.75) is 19.9 Å². The fraction of sp³-hybridized carbons (Fsp3) is 0.235. The number of aromatic nitrogens is 1. The molecule has 1 aromatic carbocycles. The molecule has 2 aromatic rings. The normalized spacial score (nSPS) is 10.3. The number of carbonyl (C=O) groups excluding carboxylic acids is 2. The summed E-state index contributed by atoms with van der Waals surface area (Å²) >= 11 is 12.3. The van der Waals surface area contributed by atoms with Gasteiger partial charge in [0.15, 0.2) is 0 Å². The molecule has 7 heteroatoms. The van der Waals surface area contributed by atoms with Crippen molar-refractivity contribution in [2.24, 2.45) is 0 Å². The molecule has 2 rings (SSSR count). The summed E-state index contributed by atoms with van der Waals surface area (Å²) < 4.78 is 0. The van der Waals surface area contributed by atoms with Crippen molar-refractivity contribution in [3.05, 3.63) is 58.3 Å². The molecule has 1 heterocycles. The first-order chi connectivity index (χ1) is 11.5. The Kier molecular flexibility index (Phi) is 6.58. The first kappa shape index (κ1) is 18.2. The Morgan fingerprint density at radius 2 is 1.88 bits per heavy atom. The predicted molar refractivity (Wildman–Crippen MR) is 95.2 cm³/mol. The number of hydrogen-bond acceptors (Lipinski definition) is 3. The van der Waals surface area contributed by atoms with Crippen molar-refractivity contribution in [2.75, 3.05) is 11.4 Å². The van der Waals surface area contributed by atoms with Crippen LogP contribution in [0.5, 0.6) is 0 Å². The minimum Gasteiger partial charge on any atom is -0.352 e. The van der Waals surface area contributed by atoms with Crippen LogP contribution in [0.15, 0.2) is 42.7 Å². The highest BCUT2D eigenvalue weighted by Gasteiger charge is 2.19. The summed E-state index contributed by atoms with van der Waals surface area (Å²) in [6, 6.07) is 8.69. The maximum absolute atomic E-state index is 12.0. The van der Waals surface area contributed by atoms with E-state index in [4.69, 9.17) is 23.2 Å². The highest BCUT2D eigenvalue weighted by Crippen LogP contribution is 2.33. The minimum atomic E-state index is -0.231. The van der Waals surface area contributed by atoms with E-state index in [-0.39, 0.29) is 24.8 Å². The lowest BCUT2D eigenvalue weighted by molar-refractivity contribution is -0.121. The molecule has 0 saturated carbocycles. The average Bonchev–Trinajstić information content (AvgIpc) is 2.56. The standard InChI is InChI=1S/C17H17Cl2N3O2/c1-12(23)22(17-14(18)5-2-6-15(17)19)9-7-16(24)21-11-13-4-3-8-20-10-13/h2-6,8,10H,7,9,11H2,1H3,(H,21,24). The van der Waals surface area contributed by atoms with Gasteiger partial charge < -0.3 is 10.2 Å². The van der Waals surface area contributed by atoms with Crippen LogP contribution in [0.4, 0.5) is 5.69 Å². The van der Waals surface area contributed by atoms with Crippen LogP contribution in [0.25, 0.3) is 0 Å². The zero-order valence-corrected chi connectivity index (χ0v) is 14.6. The highest BCUT2D eigenvalue weighted by atomic mass is 35.5. The van der Waals surface area contributed by atoms with Gasteiger partial charge in [0.1, 0.15) is 0 Å². The lowest BCUT2D eigenvalue weighted by atomic mass is 10.2. The molecule has 0 aliphatic heterocycles. The smallest absolute Gasteiger partial charge is 0.223 e. The van der Waals surface area contributed by atoms with Crippen LogP contribution in [-0.2, 0) is 16.1 Å². The highest BCUT2D eigenvalue weighted by molar-refractivity contribution is 6.39. The Hall–Kier alpha value is -2.11. The summed E-state index contributed by atoms with van der Waals surface area (Å²) in [5.74, 6) is -0.404. The fourth-order valence-electron chi connectivity index (χ4n) is 2.18. The van der Waals surface area contributed by atoms with Gasteiger partial charge in [-0.15, -0.1) is 0 Å². The number of pyridine rings is 1. The van der Waals surface area contributed by atoms with E-state index < -0.39 is 0 Å². The van der Waals surface area contributed by atoms with E-state index in [1.165, 1.54) is 11.8 Å². The zero-order valence-electron chi connectivity index (χ0n) is 13.1. The fourth-order valence-corrected chi connectivity index (χ4v) is 2.78. The number of hydrogen-bond donors (Lipinski definition) is 1. The van der Waals surface area contributed by atoms with Gasteiger partial charge in [0.05, 0.1) is 15.7 Å². The van der Waals surface area contributed by atoms with E-state index in [9.17, 15) is 9.59 Å². The molecule has 126 valence electrons. The first-order valence-corrected chi connectivity index (χ1v) is 8.12. The van der Waals surface area contributed by atoms with E-state index in [1.54, 1.807) is 36.7 Å². The van der Waals surface area contributed by atoms with Gasteiger partial charge in [0.25, 0.3) is 0 Å². The lowest BCUT2D eigenvalue weighted by Crippen LogP contribution is -2.34. The molecule has 0 bridgehead atoms. The molecule has 0 unspecified atom stereocenters. The zero-order chi connectivity index (χ0) is 17.5. The van der Waals surface area contributed by atoms with Gasteiger partial charge in [-0.05, 0) is 23.8 Å². The van der Waals surface area contributed by atoms with E-state index in [2.05, 4.69) is 10.3 Å². The number of anilines is 1. The van der Waals surface area contributed by atoms with Gasteiger partial charge in [0.2, 0.25) is 11.8 Å². The molecule has 0 atom stereocenters. The monoisotopic (exact) mass is 365 g/mol. The summed E-state index contributed by atoms with van der Waals surface area (Å²) in [4.78, 5) is 29.3. The number of rotatable bonds is 6. The Morgan fingerprint density at radius 1 is 1.17 bits per heavy atom. The number of amides is 2. The topological polar surface area (TPSA) is 62.3 Å². The third-order valence-corrected chi connectivity index (χ3v) is 3.97. The van der Waals surface area contributed by atoms with Crippen LogP contribution in [0.2, 0.25) is 10.0 Å². The molecule has 0 saturated heterocycles. The Morgan fingerprint density at radius 3 is 2.46 bits per heavy atom. The molecule has 0 fully saturated rings. The van der Waals surface area contributed by atoms with Gasteiger partial charge in [-0.2, -0.15) is 0 Å². The largest absolute Gasteiger partial charge is 0.352 e. The van der Waals surface area contributed by atoms with Gasteiger partial charge in [-0.25, -0.2) is 0 Å². The summed E-state index contributed by atoms with van der Waals surface area (Å²) in [5.41, 5.74) is 1.33. The molecule has 0 aliphatic carbocycles. The molecule has 1 aromatic heterocycles. The first-order valence-electron chi connectivity index (χ1n) is 7.36. The second-order valence-electron chi connectivity index (χ2n) is 5.13. The number of nitrogens with one attached hydrogen (secondary N) is 1. The molecule has 1 N–H and O–H groups in total. The molecule has 24 heavy (non-hydrogen) atoms. The van der Waals surface area contributed by atoms with Crippen molar-refractivity contribution < 1.29 is 9.59 Å². The second-order valence-corrected chi connectivity index (χ2v) is 5.94. The molecule has 5 nitrogen and oxygen atoms in total. The quantitative estimate of drug-likeness (QED) is 0.852. The third kappa shape index (κ3) is 4.94. The number of benzene rings is 1. The van der Waals surface area contributed by atoms with Crippen molar-refractivity contribution in [1.29, 1.82) is 0 Å². The van der Waals surface area contributed by atoms with Crippen LogP contribution in [0, 0.1) is 0 Å². The van der Waals surface area contributed by atoms with E-state index in [1.807, 2.05) is 6.07 Å². The Bertz CT molecular complexity index is 703. The SMILES string of the molecule is CC(=O)N(CCC(=O)NCc1cccnc1)c1c(Cl)cccc1Cl. The van der Waals surface area contributed by atoms with Crippen LogP contribution >= 0.6 is 23.2 Å². The molecular formula is C17H17Cl2N3O2. The van der Waals surface area contributed by atoms with Crippen molar-refractivity contribution in [3.8, 4) is 0 Å². The third-order valence-electron chi connectivity index (χ3n) is 3.36. The Labute approximate surface area is 150 Å². The lowest BCUT2D eigenvalue weighted by Gasteiger charge is -2.23. The summed E-state index contributed by atoms with van der Waals surface area (Å²) in [7, 11) is 0. The van der Waals surface area contributed by atoms with E-state index in [0.29, 0.717) is 22.3 Å². The molecule has 0 radical (unpaired) electrons. The van der Waals surface area contributed by atoms with Gasteiger partial charge in [-0.1, -0.05) is 35.3 Å². The molecule has 2 amide bonds. The molecular weight excluding hydrogens is 349 g/mol. The predicted octanol–water partition coefficient (Wildman–Crippen LogP) is 3.45. The van der Waals surface area contributed by atoms with Crippen LogP contribution in [-0.4, -0.2) is 23.3 Å². The minimum absolute atomic E-state index is 0.140. The summed E-state index contributed by atoms with van der Waals surface area (Å²) in [6.45, 7) is 1.99. The van der Waals surface area contributed by atoms with Gasteiger partial charge >= 0.3 is 0 Å². The second kappa shape index (κ2) is 8.66. The number of para-hydroxylation sites is 1. The van der Waals surface area contributed by atoms with Crippen LogP contribution in [0.1, 0.15) is 18.9 Å². The van der Waals surface area contributed by atoms with Crippen LogP contribution < -0.4 is 10.2 Å². The van der Waals surface area contributed by atoms with Crippen molar-refractivity contribution >= 4 is 40.7 Å². The maximum Gasteiger partial charge on any atom is 0.223 e. The number of halogens is 2. The van der Waals surface area contributed by atoms with Crippen molar-refractivity contribution in [3.63, 3.8) is 0 Å². The maximum atomic E-state index is 12.0. The number of nitrogens with zero attached hydrogens (tertiary/aromatic N) is 2. The number of carbonyl (C=O) groups is 2. The molecule has 0 aliphatic rings. The summed E-state index contributed by atoms with van der Waals surface area (Å²) in [5, 5.41) is 3.53. The van der Waals surface area contributed by atoms with Crippen molar-refractivity contribution in [1.82, 2.24) is 10.3 Å². The van der Waals surface area contributed by atoms with E-state index in [0.717, 1.165) is 5.56 Å². The Balaban J connectivity index is 1.97.